The van der Waals surface area contributed by atoms with E-state index in [9.17, 15) is 9.59 Å². The number of ether oxygens (including phenoxy) is 1. The number of nitrogens with one attached hydrogen (secondary N) is 1. The van der Waals surface area contributed by atoms with E-state index in [-0.39, 0.29) is 18.9 Å². The van der Waals surface area contributed by atoms with Crippen LogP contribution in [0.5, 0.6) is 0 Å². The largest absolute Gasteiger partial charge is 0.445 e. The fourth-order valence-corrected chi connectivity index (χ4v) is 3.20. The van der Waals surface area contributed by atoms with Crippen LogP contribution in [0, 0.1) is 0 Å². The van der Waals surface area contributed by atoms with Gasteiger partial charge in [-0.15, -0.1) is 5.10 Å². The molecule has 3 aromatic rings. The Kier molecular flexibility index (Phi) is 8.28. The summed E-state index contributed by atoms with van der Waals surface area (Å²) in [5.41, 5.74) is 2.13. The minimum Gasteiger partial charge on any atom is -0.445 e. The van der Waals surface area contributed by atoms with E-state index in [0.29, 0.717) is 18.7 Å². The lowest BCUT2D eigenvalue weighted by molar-refractivity contribution is -0.121. The zero-order valence-corrected chi connectivity index (χ0v) is 17.6. The summed E-state index contributed by atoms with van der Waals surface area (Å²) >= 11 is 0. The molecule has 1 unspecified atom stereocenters. The minimum absolute atomic E-state index is 0.00510. The van der Waals surface area contributed by atoms with Gasteiger partial charge < -0.3 is 10.1 Å². The first kappa shape index (κ1) is 22.1. The first-order chi connectivity index (χ1) is 15.2. The molecule has 0 spiro atoms. The van der Waals surface area contributed by atoms with Gasteiger partial charge in [-0.25, -0.2) is 9.48 Å². The molecule has 0 aliphatic rings. The second-order valence-electron chi connectivity index (χ2n) is 7.23. The zero-order chi connectivity index (χ0) is 21.9. The summed E-state index contributed by atoms with van der Waals surface area (Å²) < 4.78 is 6.72. The monoisotopic (exact) mass is 421 g/mol. The SMILES string of the molecule is CCC(NC(=O)OCc1ccccc1)C(=O)Cn1nnnc1CCCc1ccccc1. The fourth-order valence-electron chi connectivity index (χ4n) is 3.20. The molecule has 0 bridgehead atoms. The Morgan fingerprint density at radius 1 is 1.00 bits per heavy atom. The third kappa shape index (κ3) is 7.02. The molecule has 31 heavy (non-hydrogen) atoms. The molecule has 8 nitrogen and oxygen atoms in total. The molecule has 0 aliphatic carbocycles. The number of aryl methyl sites for hydroxylation is 2. The van der Waals surface area contributed by atoms with E-state index >= 15 is 0 Å². The number of hydrogen-bond acceptors (Lipinski definition) is 6. The van der Waals surface area contributed by atoms with Gasteiger partial charge in [0.15, 0.2) is 11.6 Å². The summed E-state index contributed by atoms with van der Waals surface area (Å²) in [6, 6.07) is 18.9. The van der Waals surface area contributed by atoms with Gasteiger partial charge in [0.05, 0.1) is 6.04 Å². The molecule has 162 valence electrons. The van der Waals surface area contributed by atoms with Gasteiger partial charge in [-0.05, 0) is 40.8 Å². The predicted molar refractivity (Wildman–Crippen MR) is 115 cm³/mol. The van der Waals surface area contributed by atoms with Crippen molar-refractivity contribution < 1.29 is 14.3 Å². The normalized spacial score (nSPS) is 11.6. The van der Waals surface area contributed by atoms with Gasteiger partial charge in [0.2, 0.25) is 0 Å². The second kappa shape index (κ2) is 11.6. The van der Waals surface area contributed by atoms with Crippen molar-refractivity contribution in [3.05, 3.63) is 77.6 Å². The number of rotatable bonds is 11. The Balaban J connectivity index is 1.47. The van der Waals surface area contributed by atoms with E-state index in [1.165, 1.54) is 10.2 Å². The predicted octanol–water partition coefficient (Wildman–Crippen LogP) is 3.12. The van der Waals surface area contributed by atoms with Crippen molar-refractivity contribution >= 4 is 11.9 Å². The number of ketones is 1. The molecule has 1 amide bonds. The highest BCUT2D eigenvalue weighted by Crippen LogP contribution is 2.07. The summed E-state index contributed by atoms with van der Waals surface area (Å²) in [7, 11) is 0. The summed E-state index contributed by atoms with van der Waals surface area (Å²) in [4.78, 5) is 24.8. The van der Waals surface area contributed by atoms with E-state index in [1.54, 1.807) is 0 Å². The fraction of sp³-hybridized carbons (Fsp3) is 0.348. The number of amides is 1. The molecule has 8 heteroatoms. The van der Waals surface area contributed by atoms with Crippen molar-refractivity contribution in [2.75, 3.05) is 0 Å². The highest BCUT2D eigenvalue weighted by Gasteiger charge is 2.21. The summed E-state index contributed by atoms with van der Waals surface area (Å²) in [6.45, 7) is 1.99. The van der Waals surface area contributed by atoms with E-state index < -0.39 is 12.1 Å². The molecule has 3 rings (SSSR count). The van der Waals surface area contributed by atoms with Crippen LogP contribution in [0.25, 0.3) is 0 Å². The lowest BCUT2D eigenvalue weighted by atomic mass is 10.1. The number of nitrogens with zero attached hydrogens (tertiary/aromatic N) is 4. The van der Waals surface area contributed by atoms with Crippen LogP contribution < -0.4 is 5.32 Å². The van der Waals surface area contributed by atoms with Gasteiger partial charge in [-0.2, -0.15) is 0 Å². The molecular formula is C23H27N5O3. The average Bonchev–Trinajstić information content (AvgIpc) is 3.24. The number of benzene rings is 2. The molecular weight excluding hydrogens is 394 g/mol. The molecule has 1 aromatic heterocycles. The van der Waals surface area contributed by atoms with Crippen molar-refractivity contribution in [3.63, 3.8) is 0 Å². The number of aromatic nitrogens is 4. The molecule has 0 aliphatic heterocycles. The molecule has 1 N–H and O–H groups in total. The Morgan fingerprint density at radius 3 is 2.35 bits per heavy atom. The van der Waals surface area contributed by atoms with Crippen LogP contribution in [-0.4, -0.2) is 38.1 Å². The molecule has 0 saturated carbocycles. The van der Waals surface area contributed by atoms with Gasteiger partial charge in [0, 0.05) is 6.42 Å². The highest BCUT2D eigenvalue weighted by molar-refractivity contribution is 5.87. The Labute approximate surface area is 181 Å². The van der Waals surface area contributed by atoms with Gasteiger partial charge in [0.1, 0.15) is 13.2 Å². The van der Waals surface area contributed by atoms with Crippen LogP contribution in [0.15, 0.2) is 60.7 Å². The first-order valence-corrected chi connectivity index (χ1v) is 10.4. The maximum absolute atomic E-state index is 12.7. The van der Waals surface area contributed by atoms with Crippen molar-refractivity contribution in [3.8, 4) is 0 Å². The van der Waals surface area contributed by atoms with E-state index in [2.05, 4.69) is 33.0 Å². The quantitative estimate of drug-likeness (QED) is 0.511. The Hall–Kier alpha value is -3.55. The van der Waals surface area contributed by atoms with Gasteiger partial charge >= 0.3 is 6.09 Å². The van der Waals surface area contributed by atoms with Crippen molar-refractivity contribution in [1.29, 1.82) is 0 Å². The smallest absolute Gasteiger partial charge is 0.408 e. The second-order valence-corrected chi connectivity index (χ2v) is 7.23. The highest BCUT2D eigenvalue weighted by atomic mass is 16.5. The summed E-state index contributed by atoms with van der Waals surface area (Å²) in [5, 5.41) is 14.3. The molecule has 0 saturated heterocycles. The first-order valence-electron chi connectivity index (χ1n) is 10.4. The molecule has 0 radical (unpaired) electrons. The average molecular weight is 422 g/mol. The lowest BCUT2D eigenvalue weighted by Gasteiger charge is -2.16. The molecule has 2 aromatic carbocycles. The van der Waals surface area contributed by atoms with Crippen LogP contribution in [-0.2, 0) is 35.5 Å². The molecule has 0 fully saturated rings. The van der Waals surface area contributed by atoms with E-state index in [4.69, 9.17) is 4.74 Å². The van der Waals surface area contributed by atoms with Crippen LogP contribution in [0.2, 0.25) is 0 Å². The number of hydrogen-bond donors (Lipinski definition) is 1. The van der Waals surface area contributed by atoms with Crippen LogP contribution in [0.4, 0.5) is 4.79 Å². The Bertz CT molecular complexity index is 960. The molecule has 1 atom stereocenters. The van der Waals surface area contributed by atoms with Crippen molar-refractivity contribution in [2.45, 2.75) is 51.8 Å². The number of alkyl carbamates (subject to hydrolysis) is 1. The Morgan fingerprint density at radius 2 is 1.68 bits per heavy atom. The van der Waals surface area contributed by atoms with Crippen LogP contribution in [0.3, 0.4) is 0 Å². The summed E-state index contributed by atoms with van der Waals surface area (Å²) in [6.07, 6.45) is 2.28. The van der Waals surface area contributed by atoms with Gasteiger partial charge in [-0.1, -0.05) is 67.6 Å². The maximum Gasteiger partial charge on any atom is 0.408 e. The third-order valence-electron chi connectivity index (χ3n) is 4.92. The van der Waals surface area contributed by atoms with Crippen LogP contribution in [0.1, 0.15) is 36.7 Å². The van der Waals surface area contributed by atoms with E-state index in [0.717, 1.165) is 18.4 Å². The van der Waals surface area contributed by atoms with Gasteiger partial charge in [-0.3, -0.25) is 4.79 Å². The van der Waals surface area contributed by atoms with E-state index in [1.807, 2.05) is 55.5 Å². The summed E-state index contributed by atoms with van der Waals surface area (Å²) in [5.74, 6) is 0.488. The van der Waals surface area contributed by atoms with Crippen LogP contribution >= 0.6 is 0 Å². The van der Waals surface area contributed by atoms with Crippen molar-refractivity contribution in [1.82, 2.24) is 25.5 Å². The zero-order valence-electron chi connectivity index (χ0n) is 17.6. The topological polar surface area (TPSA) is 99.0 Å². The number of carbonyl (C=O) groups is 2. The number of carbonyl (C=O) groups excluding carboxylic acids is 2. The maximum atomic E-state index is 12.7. The number of tetrazole rings is 1. The lowest BCUT2D eigenvalue weighted by Crippen LogP contribution is -2.42. The third-order valence-corrected chi connectivity index (χ3v) is 4.92. The standard InChI is InChI=1S/C23H27N5O3/c1-2-20(24-23(30)31-17-19-12-7-4-8-13-19)21(29)16-28-22(25-26-27-28)15-9-14-18-10-5-3-6-11-18/h3-8,10-13,20H,2,9,14-17H2,1H3,(H,24,30). The van der Waals surface area contributed by atoms with Crippen molar-refractivity contribution in [2.24, 2.45) is 0 Å². The molecule has 1 heterocycles. The minimum atomic E-state index is -0.662. The van der Waals surface area contributed by atoms with Gasteiger partial charge in [0.25, 0.3) is 0 Å². The number of Topliss-reactive ketones (excluding diaryl/α,β-unsaturated/α-hetero) is 1.